The minimum atomic E-state index is -0.528. The topological polar surface area (TPSA) is 58.4 Å². The fourth-order valence-corrected chi connectivity index (χ4v) is 2.20. The van der Waals surface area contributed by atoms with Crippen LogP contribution in [0.3, 0.4) is 0 Å². The lowest BCUT2D eigenvalue weighted by molar-refractivity contribution is -0.119. The van der Waals surface area contributed by atoms with E-state index in [0.717, 1.165) is 17.9 Å². The summed E-state index contributed by atoms with van der Waals surface area (Å²) < 4.78 is 0. The summed E-state index contributed by atoms with van der Waals surface area (Å²) in [6.45, 7) is 13.3. The van der Waals surface area contributed by atoms with Gasteiger partial charge in [0.15, 0.2) is 0 Å². The fourth-order valence-electron chi connectivity index (χ4n) is 2.20. The Kier molecular flexibility index (Phi) is 5.78. The van der Waals surface area contributed by atoms with Gasteiger partial charge >= 0.3 is 0 Å². The first-order valence-corrected chi connectivity index (χ1v) is 7.60. The van der Waals surface area contributed by atoms with Crippen LogP contribution in [0.25, 0.3) is 0 Å². The molecule has 21 heavy (non-hydrogen) atoms. The van der Waals surface area contributed by atoms with Crippen molar-refractivity contribution >= 4 is 17.3 Å². The molecule has 1 amide bonds. The van der Waals surface area contributed by atoms with E-state index in [0.29, 0.717) is 6.04 Å². The van der Waals surface area contributed by atoms with Crippen molar-refractivity contribution in [3.63, 3.8) is 0 Å². The molecule has 0 aliphatic rings. The lowest BCUT2D eigenvalue weighted by Gasteiger charge is -2.28. The maximum absolute atomic E-state index is 12.1. The summed E-state index contributed by atoms with van der Waals surface area (Å²) in [7, 11) is 0. The van der Waals surface area contributed by atoms with Gasteiger partial charge in [0.25, 0.3) is 0 Å². The van der Waals surface area contributed by atoms with Crippen molar-refractivity contribution in [2.24, 2.45) is 11.1 Å². The van der Waals surface area contributed by atoms with Gasteiger partial charge < -0.3 is 16.0 Å². The molecule has 4 nitrogen and oxygen atoms in total. The molecule has 1 aromatic rings. The number of carbonyl (C=O) groups is 1. The van der Waals surface area contributed by atoms with Crippen LogP contribution in [-0.4, -0.2) is 24.5 Å². The van der Waals surface area contributed by atoms with E-state index in [1.807, 2.05) is 45.0 Å². The summed E-state index contributed by atoms with van der Waals surface area (Å²) in [5.41, 5.74) is 7.65. The van der Waals surface area contributed by atoms with Crippen LogP contribution in [0.4, 0.5) is 11.4 Å². The summed E-state index contributed by atoms with van der Waals surface area (Å²) in [5, 5.41) is 2.88. The highest BCUT2D eigenvalue weighted by molar-refractivity contribution is 5.95. The lowest BCUT2D eigenvalue weighted by atomic mass is 9.87. The lowest BCUT2D eigenvalue weighted by Crippen LogP contribution is -2.45. The zero-order valence-electron chi connectivity index (χ0n) is 14.1. The molecule has 4 heteroatoms. The molecule has 0 aliphatic carbocycles. The summed E-state index contributed by atoms with van der Waals surface area (Å²) in [4.78, 5) is 14.4. The van der Waals surface area contributed by atoms with Gasteiger partial charge in [0.05, 0.1) is 6.04 Å². The Bertz CT molecular complexity index is 460. The van der Waals surface area contributed by atoms with Crippen LogP contribution >= 0.6 is 0 Å². The van der Waals surface area contributed by atoms with Gasteiger partial charge in [-0.1, -0.05) is 20.8 Å². The van der Waals surface area contributed by atoms with Crippen LogP contribution in [0.15, 0.2) is 24.3 Å². The molecule has 0 saturated heterocycles. The molecular formula is C17H29N3O. The number of hydrogen-bond acceptors (Lipinski definition) is 3. The third kappa shape index (κ3) is 4.74. The van der Waals surface area contributed by atoms with Crippen LogP contribution < -0.4 is 16.0 Å². The van der Waals surface area contributed by atoms with Gasteiger partial charge in [0, 0.05) is 24.0 Å². The summed E-state index contributed by atoms with van der Waals surface area (Å²) >= 11 is 0. The minimum Gasteiger partial charge on any atom is -0.369 e. The summed E-state index contributed by atoms with van der Waals surface area (Å²) in [5.74, 6) is -0.147. The predicted octanol–water partition coefficient (Wildman–Crippen LogP) is 3.23. The number of nitrogens with two attached hydrogens (primary N) is 1. The zero-order valence-corrected chi connectivity index (χ0v) is 14.1. The largest absolute Gasteiger partial charge is 0.369 e. The molecular weight excluding hydrogens is 262 g/mol. The van der Waals surface area contributed by atoms with Crippen molar-refractivity contribution in [2.75, 3.05) is 16.8 Å². The first kappa shape index (κ1) is 17.5. The van der Waals surface area contributed by atoms with Gasteiger partial charge in [0.2, 0.25) is 5.91 Å². The van der Waals surface area contributed by atoms with Crippen LogP contribution in [0.2, 0.25) is 0 Å². The Morgan fingerprint density at radius 2 is 1.76 bits per heavy atom. The Morgan fingerprint density at radius 1 is 1.24 bits per heavy atom. The maximum Gasteiger partial charge on any atom is 0.241 e. The molecule has 0 unspecified atom stereocenters. The van der Waals surface area contributed by atoms with Crippen molar-refractivity contribution in [3.8, 4) is 0 Å². The molecule has 118 valence electrons. The van der Waals surface area contributed by atoms with E-state index >= 15 is 0 Å². The van der Waals surface area contributed by atoms with E-state index in [4.69, 9.17) is 5.73 Å². The van der Waals surface area contributed by atoms with Crippen LogP contribution in [0.5, 0.6) is 0 Å². The van der Waals surface area contributed by atoms with E-state index < -0.39 is 6.04 Å². The Labute approximate surface area is 128 Å². The molecule has 0 bridgehead atoms. The molecule has 3 N–H and O–H groups in total. The molecule has 1 atom stereocenters. The van der Waals surface area contributed by atoms with E-state index in [2.05, 4.69) is 31.0 Å². The standard InChI is InChI=1S/C17H29N3O/c1-7-20(12(2)3)14-10-8-13(9-11-14)19-16(21)15(18)17(4,5)6/h8-12,15H,7,18H2,1-6H3,(H,19,21)/t15-/m0/s1. The molecule has 0 aromatic heterocycles. The third-order valence-corrected chi connectivity index (χ3v) is 3.65. The fraction of sp³-hybridized carbons (Fsp3) is 0.588. The van der Waals surface area contributed by atoms with Crippen molar-refractivity contribution in [3.05, 3.63) is 24.3 Å². The maximum atomic E-state index is 12.1. The van der Waals surface area contributed by atoms with Crippen molar-refractivity contribution in [2.45, 2.75) is 53.6 Å². The molecule has 0 radical (unpaired) electrons. The predicted molar refractivity (Wildman–Crippen MR) is 90.7 cm³/mol. The van der Waals surface area contributed by atoms with Gasteiger partial charge in [-0.15, -0.1) is 0 Å². The van der Waals surface area contributed by atoms with Crippen molar-refractivity contribution in [1.29, 1.82) is 0 Å². The van der Waals surface area contributed by atoms with Crippen molar-refractivity contribution < 1.29 is 4.79 Å². The number of benzene rings is 1. The summed E-state index contributed by atoms with van der Waals surface area (Å²) in [6.07, 6.45) is 0. The minimum absolute atomic E-state index is 0.147. The molecule has 0 aliphatic heterocycles. The second-order valence-electron chi connectivity index (χ2n) is 6.76. The second-order valence-corrected chi connectivity index (χ2v) is 6.76. The third-order valence-electron chi connectivity index (χ3n) is 3.65. The van der Waals surface area contributed by atoms with Gasteiger partial charge in [-0.05, 0) is 50.5 Å². The second kappa shape index (κ2) is 6.94. The highest BCUT2D eigenvalue weighted by atomic mass is 16.2. The first-order chi connectivity index (χ1) is 9.66. The van der Waals surface area contributed by atoms with E-state index in [-0.39, 0.29) is 11.3 Å². The molecule has 0 heterocycles. The quantitative estimate of drug-likeness (QED) is 0.875. The average Bonchev–Trinajstić information content (AvgIpc) is 2.39. The zero-order chi connectivity index (χ0) is 16.2. The van der Waals surface area contributed by atoms with Gasteiger partial charge in [0.1, 0.15) is 0 Å². The number of nitrogens with zero attached hydrogens (tertiary/aromatic N) is 1. The van der Waals surface area contributed by atoms with Crippen LogP contribution in [0.1, 0.15) is 41.5 Å². The van der Waals surface area contributed by atoms with Gasteiger partial charge in [-0.3, -0.25) is 4.79 Å². The normalized spacial score (nSPS) is 13.1. The van der Waals surface area contributed by atoms with Gasteiger partial charge in [-0.25, -0.2) is 0 Å². The van der Waals surface area contributed by atoms with E-state index in [9.17, 15) is 4.79 Å². The van der Waals surface area contributed by atoms with Crippen molar-refractivity contribution in [1.82, 2.24) is 0 Å². The molecule has 0 fully saturated rings. The average molecular weight is 291 g/mol. The number of rotatable bonds is 5. The molecule has 1 rings (SSSR count). The van der Waals surface area contributed by atoms with E-state index in [1.54, 1.807) is 0 Å². The number of nitrogens with one attached hydrogen (secondary N) is 1. The SMILES string of the molecule is CCN(c1ccc(NC(=O)[C@H](N)C(C)(C)C)cc1)C(C)C. The van der Waals surface area contributed by atoms with Crippen LogP contribution in [0, 0.1) is 5.41 Å². The highest BCUT2D eigenvalue weighted by Gasteiger charge is 2.27. The first-order valence-electron chi connectivity index (χ1n) is 7.60. The molecule has 1 aromatic carbocycles. The Morgan fingerprint density at radius 3 is 2.14 bits per heavy atom. The number of amides is 1. The molecule has 0 saturated carbocycles. The van der Waals surface area contributed by atoms with Gasteiger partial charge in [-0.2, -0.15) is 0 Å². The Hall–Kier alpha value is -1.55. The Balaban J connectivity index is 2.77. The summed E-state index contributed by atoms with van der Waals surface area (Å²) in [6, 6.07) is 7.83. The van der Waals surface area contributed by atoms with E-state index in [1.165, 1.54) is 0 Å². The number of anilines is 2. The number of hydrogen-bond donors (Lipinski definition) is 2. The smallest absolute Gasteiger partial charge is 0.241 e. The monoisotopic (exact) mass is 291 g/mol. The highest BCUT2D eigenvalue weighted by Crippen LogP contribution is 2.22. The molecule has 0 spiro atoms. The van der Waals surface area contributed by atoms with Crippen LogP contribution in [-0.2, 0) is 4.79 Å². The number of carbonyl (C=O) groups excluding carboxylic acids is 1.